The maximum Gasteiger partial charge on any atom is 0.236 e. The third-order valence-electron chi connectivity index (χ3n) is 2.87. The zero-order valence-electron chi connectivity index (χ0n) is 14.1. The smallest absolute Gasteiger partial charge is 0.236 e. The predicted molar refractivity (Wildman–Crippen MR) is 90.4 cm³/mol. The molecular formula is C17H32N2O2. The summed E-state index contributed by atoms with van der Waals surface area (Å²) in [7, 11) is 2.67. The number of hydrogen-bond donors (Lipinski definition) is 3. The summed E-state index contributed by atoms with van der Waals surface area (Å²) in [6.45, 7) is 7.15. The quantitative estimate of drug-likeness (QED) is 0.785. The van der Waals surface area contributed by atoms with Gasteiger partial charge >= 0.3 is 0 Å². The van der Waals surface area contributed by atoms with Crippen molar-refractivity contribution in [3.63, 3.8) is 0 Å². The number of aliphatic hydroxyl groups excluding tert-OH is 1. The fraction of sp³-hybridized carbons (Fsp3) is 0.588. The highest BCUT2D eigenvalue weighted by Crippen LogP contribution is 2.03. The largest absolute Gasteiger partial charge is 0.400 e. The molecule has 0 spiro atoms. The van der Waals surface area contributed by atoms with E-state index in [1.54, 1.807) is 7.05 Å². The van der Waals surface area contributed by atoms with Crippen LogP contribution in [0.4, 0.5) is 0 Å². The van der Waals surface area contributed by atoms with Crippen molar-refractivity contribution in [1.29, 1.82) is 0 Å². The topological polar surface area (TPSA) is 61.4 Å². The Morgan fingerprint density at radius 3 is 2.19 bits per heavy atom. The van der Waals surface area contributed by atoms with E-state index in [2.05, 4.69) is 41.8 Å². The van der Waals surface area contributed by atoms with Crippen LogP contribution in [0.25, 0.3) is 0 Å². The van der Waals surface area contributed by atoms with Gasteiger partial charge in [0.15, 0.2) is 0 Å². The summed E-state index contributed by atoms with van der Waals surface area (Å²) in [5.41, 5.74) is 1.41. The number of amides is 1. The Morgan fingerprint density at radius 1 is 1.29 bits per heavy atom. The van der Waals surface area contributed by atoms with Gasteiger partial charge in [-0.2, -0.15) is 0 Å². The second-order valence-corrected chi connectivity index (χ2v) is 4.10. The van der Waals surface area contributed by atoms with Crippen LogP contribution in [-0.4, -0.2) is 37.8 Å². The van der Waals surface area contributed by atoms with Crippen molar-refractivity contribution in [2.24, 2.45) is 0 Å². The Morgan fingerprint density at radius 2 is 1.86 bits per heavy atom. The number of aryl methyl sites for hydroxylation is 1. The van der Waals surface area contributed by atoms with Crippen molar-refractivity contribution < 1.29 is 9.90 Å². The summed E-state index contributed by atoms with van der Waals surface area (Å²) in [5.74, 6) is 0.118. The van der Waals surface area contributed by atoms with Crippen molar-refractivity contribution in [3.8, 4) is 0 Å². The summed E-state index contributed by atoms with van der Waals surface area (Å²) in [5, 5.41) is 12.7. The Hall–Kier alpha value is -1.39. The Kier molecular flexibility index (Phi) is 17.4. The number of nitrogens with one attached hydrogen (secondary N) is 2. The number of benzene rings is 1. The third-order valence-corrected chi connectivity index (χ3v) is 2.87. The molecule has 0 bridgehead atoms. The average molecular weight is 296 g/mol. The highest BCUT2D eigenvalue weighted by Gasteiger charge is 2.19. The van der Waals surface area contributed by atoms with E-state index in [1.807, 2.05) is 19.9 Å². The molecule has 1 aliphatic heterocycles. The lowest BCUT2D eigenvalue weighted by atomic mass is 10.2. The molecule has 1 aromatic carbocycles. The van der Waals surface area contributed by atoms with Gasteiger partial charge in [0.05, 0.1) is 6.04 Å². The maximum absolute atomic E-state index is 10.8. The van der Waals surface area contributed by atoms with E-state index in [0.29, 0.717) is 0 Å². The van der Waals surface area contributed by atoms with Crippen molar-refractivity contribution in [3.05, 3.63) is 35.9 Å². The normalized spacial score (nSPS) is 15.2. The standard InChI is InChI=1S/C8H10.C6H12N2O.C2H6.CH4O/c1-2-8-6-4-3-5-7-8;1-7-6(9)5-3-2-4-8-5;2*1-2/h3-7H,2H2,1H3;5,8H,2-4H2,1H3,(H,7,9);1-2H3;2H,1H3. The zero-order valence-corrected chi connectivity index (χ0v) is 14.1. The van der Waals surface area contributed by atoms with Crippen molar-refractivity contribution >= 4 is 5.91 Å². The van der Waals surface area contributed by atoms with E-state index in [-0.39, 0.29) is 11.9 Å². The summed E-state index contributed by atoms with van der Waals surface area (Å²) in [4.78, 5) is 10.8. The molecule has 4 heteroatoms. The molecule has 1 amide bonds. The van der Waals surface area contributed by atoms with E-state index in [9.17, 15) is 4.79 Å². The van der Waals surface area contributed by atoms with E-state index < -0.39 is 0 Å². The SMILES string of the molecule is CC.CCc1ccccc1.CNC(=O)C1CCCN1.CO. The first-order chi connectivity index (χ1) is 10.3. The van der Waals surface area contributed by atoms with E-state index >= 15 is 0 Å². The van der Waals surface area contributed by atoms with Crippen LogP contribution in [0, 0.1) is 0 Å². The van der Waals surface area contributed by atoms with Crippen LogP contribution in [0.15, 0.2) is 30.3 Å². The van der Waals surface area contributed by atoms with Crippen LogP contribution in [-0.2, 0) is 11.2 Å². The minimum atomic E-state index is 0.0787. The number of hydrogen-bond acceptors (Lipinski definition) is 3. The molecule has 1 aliphatic rings. The van der Waals surface area contributed by atoms with Crippen molar-refractivity contribution in [1.82, 2.24) is 10.6 Å². The molecule has 1 atom stereocenters. The first-order valence-electron chi connectivity index (χ1n) is 7.71. The number of aliphatic hydroxyl groups is 1. The predicted octanol–water partition coefficient (Wildman–Crippen LogP) is 2.37. The van der Waals surface area contributed by atoms with Crippen molar-refractivity contribution in [2.45, 2.75) is 46.1 Å². The fourth-order valence-corrected chi connectivity index (χ4v) is 1.80. The zero-order chi connectivity index (χ0) is 16.5. The second kappa shape index (κ2) is 16.7. The van der Waals surface area contributed by atoms with Crippen LogP contribution in [0.2, 0.25) is 0 Å². The molecule has 1 saturated heterocycles. The van der Waals surface area contributed by atoms with Gasteiger partial charge in [0, 0.05) is 14.2 Å². The minimum absolute atomic E-state index is 0.0787. The van der Waals surface area contributed by atoms with Gasteiger partial charge < -0.3 is 15.7 Å². The summed E-state index contributed by atoms with van der Waals surface area (Å²) in [6.07, 6.45) is 3.25. The number of rotatable bonds is 2. The molecule has 0 aromatic heterocycles. The first-order valence-corrected chi connectivity index (χ1v) is 7.71. The van der Waals surface area contributed by atoms with E-state index in [1.165, 1.54) is 5.56 Å². The molecule has 21 heavy (non-hydrogen) atoms. The number of likely N-dealkylation sites (N-methyl/N-ethyl adjacent to an activating group) is 1. The van der Waals surface area contributed by atoms with Gasteiger partial charge in [0.2, 0.25) is 5.91 Å². The molecule has 1 aromatic rings. The van der Waals surface area contributed by atoms with Gasteiger partial charge in [-0.05, 0) is 31.4 Å². The van der Waals surface area contributed by atoms with Gasteiger partial charge in [-0.25, -0.2) is 0 Å². The van der Waals surface area contributed by atoms with Crippen LogP contribution in [0.1, 0.15) is 39.2 Å². The molecule has 1 heterocycles. The second-order valence-electron chi connectivity index (χ2n) is 4.10. The maximum atomic E-state index is 10.8. The Labute approximate surface area is 130 Å². The number of carbonyl (C=O) groups is 1. The molecule has 0 saturated carbocycles. The molecule has 122 valence electrons. The van der Waals surface area contributed by atoms with Crippen LogP contribution in [0.5, 0.6) is 0 Å². The van der Waals surface area contributed by atoms with E-state index in [0.717, 1.165) is 32.9 Å². The summed E-state index contributed by atoms with van der Waals surface area (Å²) in [6, 6.07) is 10.5. The van der Waals surface area contributed by atoms with Gasteiger partial charge in [-0.3, -0.25) is 4.79 Å². The monoisotopic (exact) mass is 296 g/mol. The Bertz CT molecular complexity index is 323. The third kappa shape index (κ3) is 11.0. The van der Waals surface area contributed by atoms with E-state index in [4.69, 9.17) is 5.11 Å². The van der Waals surface area contributed by atoms with Gasteiger partial charge in [-0.15, -0.1) is 0 Å². The first kappa shape index (κ1) is 21.9. The Balaban J connectivity index is 0. The lowest BCUT2D eigenvalue weighted by Crippen LogP contribution is -2.38. The summed E-state index contributed by atoms with van der Waals surface area (Å²) >= 11 is 0. The molecule has 3 N–H and O–H groups in total. The molecule has 1 fully saturated rings. The molecule has 1 unspecified atom stereocenters. The number of carbonyl (C=O) groups excluding carboxylic acids is 1. The molecule has 0 radical (unpaired) electrons. The lowest BCUT2D eigenvalue weighted by molar-refractivity contribution is -0.122. The minimum Gasteiger partial charge on any atom is -0.400 e. The van der Waals surface area contributed by atoms with Gasteiger partial charge in [0.25, 0.3) is 0 Å². The highest BCUT2D eigenvalue weighted by molar-refractivity contribution is 5.81. The van der Waals surface area contributed by atoms with Crippen LogP contribution in [0.3, 0.4) is 0 Å². The average Bonchev–Trinajstić information content (AvgIpc) is 3.14. The molecule has 2 rings (SSSR count). The van der Waals surface area contributed by atoms with Crippen LogP contribution >= 0.6 is 0 Å². The molecule has 0 aliphatic carbocycles. The molecule has 4 nitrogen and oxygen atoms in total. The van der Waals surface area contributed by atoms with Gasteiger partial charge in [0.1, 0.15) is 0 Å². The lowest BCUT2D eigenvalue weighted by Gasteiger charge is -2.05. The van der Waals surface area contributed by atoms with Gasteiger partial charge in [-0.1, -0.05) is 51.1 Å². The van der Waals surface area contributed by atoms with Crippen LogP contribution < -0.4 is 10.6 Å². The van der Waals surface area contributed by atoms with Crippen molar-refractivity contribution in [2.75, 3.05) is 20.7 Å². The molecular weight excluding hydrogens is 264 g/mol. The summed E-state index contributed by atoms with van der Waals surface area (Å²) < 4.78 is 0. The fourth-order valence-electron chi connectivity index (χ4n) is 1.80. The highest BCUT2D eigenvalue weighted by atomic mass is 16.2.